The third-order valence-electron chi connectivity index (χ3n) is 6.58. The van der Waals surface area contributed by atoms with Gasteiger partial charge in [-0.3, -0.25) is 28.9 Å². The van der Waals surface area contributed by atoms with Crippen LogP contribution in [0, 0.1) is 5.82 Å². The van der Waals surface area contributed by atoms with E-state index < -0.39 is 35.4 Å². The highest BCUT2D eigenvalue weighted by molar-refractivity contribution is 6.39. The largest absolute Gasteiger partial charge is 0.481 e. The monoisotopic (exact) mass is 520 g/mol. The summed E-state index contributed by atoms with van der Waals surface area (Å²) < 4.78 is 19.9. The fourth-order valence-electron chi connectivity index (χ4n) is 4.80. The average molecular weight is 520 g/mol. The van der Waals surface area contributed by atoms with Crippen molar-refractivity contribution in [3.8, 4) is 0 Å². The minimum atomic E-state index is -1.08. The Morgan fingerprint density at radius 1 is 0.816 bits per heavy atom. The number of anilines is 1. The molecule has 3 aromatic rings. The van der Waals surface area contributed by atoms with Crippen LogP contribution in [0.4, 0.5) is 10.1 Å². The Bertz CT molecular complexity index is 1480. The number of rotatable bonds is 9. The van der Waals surface area contributed by atoms with Crippen LogP contribution in [0.3, 0.4) is 0 Å². The maximum atomic E-state index is 14.7. The summed E-state index contributed by atoms with van der Waals surface area (Å²) in [5.41, 5.74) is 0.578. The van der Waals surface area contributed by atoms with Crippen LogP contribution in [-0.2, 0) is 16.0 Å². The van der Waals surface area contributed by atoms with Gasteiger partial charge in [-0.1, -0.05) is 6.07 Å². The third-order valence-corrected chi connectivity index (χ3v) is 6.58. The zero-order valence-electron chi connectivity index (χ0n) is 19.9. The molecular formula is C27H21FN2O8. The molecule has 38 heavy (non-hydrogen) atoms. The first-order valence-electron chi connectivity index (χ1n) is 11.8. The molecule has 2 aliphatic rings. The van der Waals surface area contributed by atoms with E-state index in [1.54, 1.807) is 0 Å². The molecule has 3 aromatic carbocycles. The van der Waals surface area contributed by atoms with Crippen LogP contribution < -0.4 is 4.90 Å². The van der Waals surface area contributed by atoms with Crippen molar-refractivity contribution in [2.24, 2.45) is 0 Å². The van der Waals surface area contributed by atoms with E-state index >= 15 is 0 Å². The van der Waals surface area contributed by atoms with E-state index in [0.29, 0.717) is 0 Å². The van der Waals surface area contributed by atoms with Crippen LogP contribution in [0.2, 0.25) is 0 Å². The molecule has 0 atom stereocenters. The normalized spacial score (nSPS) is 14.6. The second-order valence-corrected chi connectivity index (χ2v) is 8.78. The molecule has 0 unspecified atom stereocenters. The number of amides is 4. The van der Waals surface area contributed by atoms with Gasteiger partial charge < -0.3 is 14.9 Å². The van der Waals surface area contributed by atoms with Gasteiger partial charge in [0.2, 0.25) is 0 Å². The highest BCUT2D eigenvalue weighted by atomic mass is 19.1. The van der Waals surface area contributed by atoms with Crippen molar-refractivity contribution in [2.45, 2.75) is 12.8 Å². The van der Waals surface area contributed by atoms with Gasteiger partial charge in [0.05, 0.1) is 32.1 Å². The van der Waals surface area contributed by atoms with Crippen molar-refractivity contribution in [3.63, 3.8) is 0 Å². The molecule has 194 valence electrons. The van der Waals surface area contributed by atoms with Crippen LogP contribution in [0.5, 0.6) is 0 Å². The molecule has 0 aliphatic carbocycles. The number of carbonyl (C=O) groups is 5. The summed E-state index contributed by atoms with van der Waals surface area (Å²) in [6, 6.07) is 9.35. The lowest BCUT2D eigenvalue weighted by atomic mass is 9.85. The lowest BCUT2D eigenvalue weighted by Crippen LogP contribution is -2.44. The number of ether oxygens (including phenoxy) is 1. The topological polar surface area (TPSA) is 142 Å². The number of imide groups is 2. The molecule has 4 amide bonds. The average Bonchev–Trinajstić information content (AvgIpc) is 2.89. The molecule has 10 nitrogen and oxygen atoms in total. The van der Waals surface area contributed by atoms with Crippen LogP contribution in [0.15, 0.2) is 42.5 Å². The van der Waals surface area contributed by atoms with Crippen molar-refractivity contribution < 1.29 is 43.3 Å². The Balaban J connectivity index is 1.53. The minimum absolute atomic E-state index is 0.0307. The molecule has 0 aromatic heterocycles. The van der Waals surface area contributed by atoms with E-state index in [2.05, 4.69) is 0 Å². The van der Waals surface area contributed by atoms with Crippen LogP contribution in [-0.4, -0.2) is 71.1 Å². The van der Waals surface area contributed by atoms with Gasteiger partial charge in [0.15, 0.2) is 0 Å². The van der Waals surface area contributed by atoms with Crippen LogP contribution in [0.25, 0.3) is 10.8 Å². The van der Waals surface area contributed by atoms with Crippen molar-refractivity contribution in [2.75, 3.05) is 31.3 Å². The first-order valence-corrected chi connectivity index (χ1v) is 11.8. The predicted molar refractivity (Wildman–Crippen MR) is 131 cm³/mol. The predicted octanol–water partition coefficient (Wildman–Crippen LogP) is 2.40. The number of aliphatic carboxylic acids is 1. The summed E-state index contributed by atoms with van der Waals surface area (Å²) in [4.78, 5) is 65.9. The number of carbonyl (C=O) groups excluding carboxylic acids is 4. The lowest BCUT2D eigenvalue weighted by molar-refractivity contribution is -0.136. The SMILES string of the molecule is O=C(O)CCc1ccc(N2C(=O)c3ccc4c5c(ccc(c35)C2=O)C(=O)N(CCOCCO)C4=O)cc1F. The number of hydrogen-bond acceptors (Lipinski definition) is 7. The van der Waals surface area contributed by atoms with Crippen LogP contribution in [0.1, 0.15) is 53.4 Å². The van der Waals surface area contributed by atoms with Crippen LogP contribution >= 0.6 is 0 Å². The molecule has 2 heterocycles. The molecule has 0 saturated carbocycles. The van der Waals surface area contributed by atoms with Gasteiger partial charge in [0, 0.05) is 39.4 Å². The molecule has 2 N–H and O–H groups in total. The summed E-state index contributed by atoms with van der Waals surface area (Å²) in [5.74, 6) is -4.52. The zero-order valence-corrected chi connectivity index (χ0v) is 19.9. The van der Waals surface area contributed by atoms with Crippen molar-refractivity contribution >= 4 is 46.1 Å². The van der Waals surface area contributed by atoms with Gasteiger partial charge in [-0.2, -0.15) is 0 Å². The molecule has 0 spiro atoms. The maximum absolute atomic E-state index is 14.7. The fraction of sp³-hybridized carbons (Fsp3) is 0.222. The van der Waals surface area contributed by atoms with E-state index in [1.807, 2.05) is 0 Å². The summed E-state index contributed by atoms with van der Waals surface area (Å²) in [7, 11) is 0. The quantitative estimate of drug-likeness (QED) is 0.324. The maximum Gasteiger partial charge on any atom is 0.303 e. The van der Waals surface area contributed by atoms with E-state index in [0.717, 1.165) is 15.9 Å². The Morgan fingerprint density at radius 2 is 1.37 bits per heavy atom. The summed E-state index contributed by atoms with van der Waals surface area (Å²) in [6.45, 7) is -0.146. The molecular weight excluding hydrogens is 499 g/mol. The fourth-order valence-corrected chi connectivity index (χ4v) is 4.80. The lowest BCUT2D eigenvalue weighted by Gasteiger charge is -2.32. The first kappa shape index (κ1) is 25.2. The second-order valence-electron chi connectivity index (χ2n) is 8.78. The second kappa shape index (κ2) is 9.77. The molecule has 0 saturated heterocycles. The molecule has 11 heteroatoms. The number of carboxylic acids is 1. The number of nitrogens with zero attached hydrogens (tertiary/aromatic N) is 2. The molecule has 2 aliphatic heterocycles. The number of aryl methyl sites for hydroxylation is 1. The molecule has 0 bridgehead atoms. The third kappa shape index (κ3) is 4.01. The van der Waals surface area contributed by atoms with E-state index in [4.69, 9.17) is 14.9 Å². The number of carboxylic acid groups (broad SMARTS) is 1. The van der Waals surface area contributed by atoms with Gasteiger partial charge in [0.1, 0.15) is 5.82 Å². The minimum Gasteiger partial charge on any atom is -0.481 e. The van der Waals surface area contributed by atoms with Crippen molar-refractivity contribution in [1.29, 1.82) is 0 Å². The number of aliphatic hydroxyl groups excluding tert-OH is 1. The summed E-state index contributed by atoms with van der Waals surface area (Å²) in [5, 5.41) is 18.1. The summed E-state index contributed by atoms with van der Waals surface area (Å²) in [6.07, 6.45) is -0.327. The van der Waals surface area contributed by atoms with Crippen molar-refractivity contribution in [3.05, 3.63) is 76.1 Å². The van der Waals surface area contributed by atoms with Gasteiger partial charge in [-0.15, -0.1) is 0 Å². The number of hydrogen-bond donors (Lipinski definition) is 2. The highest BCUT2D eigenvalue weighted by Crippen LogP contribution is 2.39. The standard InChI is InChI=1S/C27H21FN2O8/c28-20-13-15(3-1-14(20)2-8-21(32)33)30-26(36)18-6-4-16-22-17(5-7-19(23(18)22)27(30)37)25(35)29(24(16)34)9-11-38-12-10-31/h1,3-7,13,31H,2,8-12H2,(H,32,33). The Labute approximate surface area is 214 Å². The Morgan fingerprint density at radius 3 is 1.87 bits per heavy atom. The Kier molecular flexibility index (Phi) is 6.47. The van der Waals surface area contributed by atoms with E-state index in [9.17, 15) is 28.4 Å². The van der Waals surface area contributed by atoms with Gasteiger partial charge in [-0.05, 0) is 48.4 Å². The number of aliphatic hydroxyl groups is 1. The molecule has 0 radical (unpaired) electrons. The van der Waals surface area contributed by atoms with Crippen molar-refractivity contribution in [1.82, 2.24) is 4.90 Å². The van der Waals surface area contributed by atoms with Gasteiger partial charge >= 0.3 is 5.97 Å². The first-order chi connectivity index (χ1) is 18.2. The van der Waals surface area contributed by atoms with Gasteiger partial charge in [0.25, 0.3) is 23.6 Å². The van der Waals surface area contributed by atoms with E-state index in [-0.39, 0.29) is 83.5 Å². The molecule has 5 rings (SSSR count). The zero-order chi connectivity index (χ0) is 27.1. The highest BCUT2D eigenvalue weighted by Gasteiger charge is 2.40. The smallest absolute Gasteiger partial charge is 0.303 e. The van der Waals surface area contributed by atoms with Gasteiger partial charge in [-0.25, -0.2) is 9.29 Å². The number of benzene rings is 3. The molecule has 0 fully saturated rings. The summed E-state index contributed by atoms with van der Waals surface area (Å²) >= 11 is 0. The number of halogens is 1. The van der Waals surface area contributed by atoms with E-state index in [1.165, 1.54) is 36.4 Å². The Hall–Kier alpha value is -4.48.